The molecule has 1 heterocycles. The molecule has 0 radical (unpaired) electrons. The molecule has 1 unspecified atom stereocenters. The van der Waals surface area contributed by atoms with Gasteiger partial charge in [0.2, 0.25) is 0 Å². The fourth-order valence-electron chi connectivity index (χ4n) is 4.26. The minimum Gasteiger partial charge on any atom is -0.495 e. The molecule has 0 saturated heterocycles. The molecule has 4 rings (SSSR count). The number of nitrogens with zero attached hydrogens (tertiary/aromatic N) is 1. The summed E-state index contributed by atoms with van der Waals surface area (Å²) in [6, 6.07) is 8.78. The summed E-state index contributed by atoms with van der Waals surface area (Å²) >= 11 is 0. The van der Waals surface area contributed by atoms with Gasteiger partial charge in [-0.05, 0) is 48.6 Å². The second-order valence-corrected chi connectivity index (χ2v) is 8.15. The van der Waals surface area contributed by atoms with Gasteiger partial charge in [0, 0.05) is 36.2 Å². The van der Waals surface area contributed by atoms with Gasteiger partial charge in [-0.2, -0.15) is 0 Å². The first-order valence-corrected chi connectivity index (χ1v) is 12.4. The zero-order valence-corrected chi connectivity index (χ0v) is 20.7. The molecule has 4 heteroatoms. The second kappa shape index (κ2) is 13.2. The lowest BCUT2D eigenvalue weighted by molar-refractivity contribution is 0.0300. The summed E-state index contributed by atoms with van der Waals surface area (Å²) in [6.07, 6.45) is 15.3. The summed E-state index contributed by atoms with van der Waals surface area (Å²) in [5.74, 6) is 1.57. The van der Waals surface area contributed by atoms with E-state index >= 15 is 0 Å². The van der Waals surface area contributed by atoms with Gasteiger partial charge >= 0.3 is 0 Å². The largest absolute Gasteiger partial charge is 0.495 e. The van der Waals surface area contributed by atoms with Crippen LogP contribution in [0.2, 0.25) is 0 Å². The summed E-state index contributed by atoms with van der Waals surface area (Å²) in [4.78, 5) is 0. The summed E-state index contributed by atoms with van der Waals surface area (Å²) in [7, 11) is 0. The molecule has 0 saturated carbocycles. The van der Waals surface area contributed by atoms with Crippen molar-refractivity contribution < 1.29 is 14.2 Å². The quantitative estimate of drug-likeness (QED) is 0.378. The third-order valence-corrected chi connectivity index (χ3v) is 5.79. The van der Waals surface area contributed by atoms with Crippen LogP contribution in [-0.2, 0) is 27.2 Å². The Kier molecular flexibility index (Phi) is 10.0. The Morgan fingerprint density at radius 3 is 2.61 bits per heavy atom. The number of benzene rings is 1. The van der Waals surface area contributed by atoms with Crippen molar-refractivity contribution in [2.75, 3.05) is 33.0 Å². The Labute approximate surface area is 199 Å². The van der Waals surface area contributed by atoms with E-state index in [0.717, 1.165) is 31.8 Å². The predicted molar refractivity (Wildman–Crippen MR) is 138 cm³/mol. The van der Waals surface area contributed by atoms with Crippen LogP contribution < -0.4 is 0 Å². The smallest absolute Gasteiger partial charge is 0.111 e. The highest BCUT2D eigenvalue weighted by Gasteiger charge is 2.20. The summed E-state index contributed by atoms with van der Waals surface area (Å²) in [6.45, 7) is 12.3. The average Bonchev–Trinajstić information content (AvgIpc) is 2.98. The van der Waals surface area contributed by atoms with Gasteiger partial charge in [0.1, 0.15) is 6.61 Å². The topological polar surface area (TPSA) is 32.6 Å². The minimum absolute atomic E-state index is 0.563. The van der Waals surface area contributed by atoms with Gasteiger partial charge in [0.15, 0.2) is 0 Å². The van der Waals surface area contributed by atoms with Crippen LogP contribution in [0.5, 0.6) is 0 Å². The monoisotopic (exact) mass is 449 g/mol. The average molecular weight is 450 g/mol. The molecular weight excluding hydrogens is 410 g/mol. The maximum absolute atomic E-state index is 5.91. The predicted octanol–water partition coefficient (Wildman–Crippen LogP) is 6.71. The van der Waals surface area contributed by atoms with E-state index in [1.54, 1.807) is 0 Å². The highest BCUT2D eigenvalue weighted by atomic mass is 16.5. The zero-order valence-electron chi connectivity index (χ0n) is 20.7. The number of ether oxygens (including phenoxy) is 3. The number of rotatable bonds is 10. The van der Waals surface area contributed by atoms with Gasteiger partial charge in [0.05, 0.1) is 25.6 Å². The van der Waals surface area contributed by atoms with Crippen LogP contribution >= 0.6 is 0 Å². The van der Waals surface area contributed by atoms with E-state index in [4.69, 9.17) is 14.2 Å². The molecule has 2 aliphatic carbocycles. The number of allylic oxidation sites excluding steroid dienone is 6. The van der Waals surface area contributed by atoms with Crippen LogP contribution in [0.25, 0.3) is 17.0 Å². The Bertz CT molecular complexity index is 1010. The van der Waals surface area contributed by atoms with E-state index in [0.29, 0.717) is 32.3 Å². The highest BCUT2D eigenvalue weighted by Crippen LogP contribution is 2.33. The fraction of sp³-hybridized carbons (Fsp3) is 0.448. The molecule has 33 heavy (non-hydrogen) atoms. The number of para-hydroxylation sites is 1. The standard InChI is InChI=1S/C27H33NO3.C2H6/c1-3-29-15-16-30-17-18-31-23-8-6-7-22(12-13-23)20-28-26-10-5-4-9-24(26)25-19-21(2)11-14-27(25)28;1-2/h4-7,9-14,21H,3,8,15-20H2,1-2H3;1-2H3. The van der Waals surface area contributed by atoms with Crippen molar-refractivity contribution in [2.45, 2.75) is 47.1 Å². The third kappa shape index (κ3) is 6.72. The lowest BCUT2D eigenvalue weighted by atomic mass is 9.93. The van der Waals surface area contributed by atoms with Gasteiger partial charge in [-0.15, -0.1) is 0 Å². The Hall–Kier alpha value is -2.56. The second-order valence-electron chi connectivity index (χ2n) is 8.15. The van der Waals surface area contributed by atoms with Crippen molar-refractivity contribution in [2.24, 2.45) is 5.92 Å². The van der Waals surface area contributed by atoms with Crippen molar-refractivity contribution in [3.05, 3.63) is 77.2 Å². The van der Waals surface area contributed by atoms with Crippen molar-refractivity contribution in [1.82, 2.24) is 4.57 Å². The molecule has 178 valence electrons. The van der Waals surface area contributed by atoms with Crippen LogP contribution in [0.4, 0.5) is 0 Å². The molecule has 1 aromatic carbocycles. The van der Waals surface area contributed by atoms with Crippen LogP contribution in [0, 0.1) is 5.92 Å². The van der Waals surface area contributed by atoms with Gasteiger partial charge in [0.25, 0.3) is 0 Å². The first-order chi connectivity index (χ1) is 16.3. The van der Waals surface area contributed by atoms with Crippen molar-refractivity contribution in [1.29, 1.82) is 0 Å². The summed E-state index contributed by atoms with van der Waals surface area (Å²) in [5.41, 5.74) is 5.42. The van der Waals surface area contributed by atoms with Crippen molar-refractivity contribution >= 4 is 17.0 Å². The van der Waals surface area contributed by atoms with Crippen LogP contribution in [0.3, 0.4) is 0 Å². The van der Waals surface area contributed by atoms with Crippen LogP contribution in [-0.4, -0.2) is 37.6 Å². The molecule has 4 nitrogen and oxygen atoms in total. The molecule has 0 spiro atoms. The molecule has 0 amide bonds. The molecule has 0 aliphatic heterocycles. The first-order valence-electron chi connectivity index (χ1n) is 12.4. The number of aromatic nitrogens is 1. The Morgan fingerprint density at radius 1 is 0.970 bits per heavy atom. The Morgan fingerprint density at radius 2 is 1.76 bits per heavy atom. The Balaban J connectivity index is 0.00000149. The number of hydrogen-bond acceptors (Lipinski definition) is 3. The van der Waals surface area contributed by atoms with E-state index in [9.17, 15) is 0 Å². The molecule has 2 aliphatic rings. The fourth-order valence-corrected chi connectivity index (χ4v) is 4.26. The summed E-state index contributed by atoms with van der Waals surface area (Å²) in [5, 5.41) is 1.39. The molecule has 0 N–H and O–H groups in total. The molecule has 0 fully saturated rings. The number of hydrogen-bond donors (Lipinski definition) is 0. The highest BCUT2D eigenvalue weighted by molar-refractivity contribution is 5.89. The van der Waals surface area contributed by atoms with Gasteiger partial charge in [-0.1, -0.05) is 63.3 Å². The minimum atomic E-state index is 0.563. The molecule has 0 bridgehead atoms. The lowest BCUT2D eigenvalue weighted by Gasteiger charge is -2.15. The summed E-state index contributed by atoms with van der Waals surface area (Å²) < 4.78 is 19.2. The molecule has 1 aromatic heterocycles. The van der Waals surface area contributed by atoms with E-state index < -0.39 is 0 Å². The number of fused-ring (bicyclic) bond motifs is 3. The van der Waals surface area contributed by atoms with E-state index in [-0.39, 0.29) is 0 Å². The molecule has 1 atom stereocenters. The SMILES string of the molecule is CC.CCOCCOCCOC1=CC=C(Cn2c3c(c4ccccc42)CC(C)C=C3)C=CC1. The van der Waals surface area contributed by atoms with E-state index in [1.807, 2.05) is 20.8 Å². The van der Waals surface area contributed by atoms with Crippen LogP contribution in [0.15, 0.2) is 66.0 Å². The lowest BCUT2D eigenvalue weighted by Crippen LogP contribution is -2.09. The van der Waals surface area contributed by atoms with Gasteiger partial charge in [-0.3, -0.25) is 0 Å². The normalized spacial score (nSPS) is 17.0. The first kappa shape index (κ1) is 25.1. The maximum Gasteiger partial charge on any atom is 0.111 e. The van der Waals surface area contributed by atoms with E-state index in [2.05, 4.69) is 72.2 Å². The molecule has 2 aromatic rings. The maximum atomic E-state index is 5.91. The zero-order chi connectivity index (χ0) is 23.5. The molecular formula is C29H39NO3. The van der Waals surface area contributed by atoms with Gasteiger partial charge in [-0.25, -0.2) is 0 Å². The van der Waals surface area contributed by atoms with Crippen LogP contribution in [0.1, 0.15) is 45.4 Å². The van der Waals surface area contributed by atoms with Crippen molar-refractivity contribution in [3.63, 3.8) is 0 Å². The van der Waals surface area contributed by atoms with E-state index in [1.165, 1.54) is 27.7 Å². The third-order valence-electron chi connectivity index (χ3n) is 5.79. The van der Waals surface area contributed by atoms with Crippen molar-refractivity contribution in [3.8, 4) is 0 Å². The van der Waals surface area contributed by atoms with Gasteiger partial charge < -0.3 is 18.8 Å².